The fourth-order valence-electron chi connectivity index (χ4n) is 1.18. The second-order valence-corrected chi connectivity index (χ2v) is 5.30. The molecule has 0 aliphatic heterocycles. The summed E-state index contributed by atoms with van der Waals surface area (Å²) in [4.78, 5) is 11.2. The molecular formula is C9H14N4O3S. The Bertz CT molecular complexity index is 567. The zero-order valence-electron chi connectivity index (χ0n) is 9.76. The van der Waals surface area contributed by atoms with Gasteiger partial charge >= 0.3 is 0 Å². The predicted octanol–water partition coefficient (Wildman–Crippen LogP) is -0.0278. The van der Waals surface area contributed by atoms with E-state index in [1.807, 2.05) is 0 Å². The first-order valence-corrected chi connectivity index (χ1v) is 6.27. The first-order valence-electron chi connectivity index (χ1n) is 4.72. The zero-order chi connectivity index (χ0) is 13.2. The fourth-order valence-corrected chi connectivity index (χ4v) is 1.84. The summed E-state index contributed by atoms with van der Waals surface area (Å²) in [5, 5.41) is 11.2. The topological polar surface area (TPSA) is 107 Å². The Morgan fingerprint density at radius 1 is 1.53 bits per heavy atom. The van der Waals surface area contributed by atoms with Gasteiger partial charge in [0.05, 0.1) is 0 Å². The van der Waals surface area contributed by atoms with Crippen LogP contribution in [0.4, 0.5) is 5.82 Å². The van der Waals surface area contributed by atoms with Crippen molar-refractivity contribution in [3.63, 3.8) is 0 Å². The van der Waals surface area contributed by atoms with Crippen LogP contribution in [0.25, 0.3) is 0 Å². The van der Waals surface area contributed by atoms with Gasteiger partial charge in [-0.15, -0.1) is 0 Å². The summed E-state index contributed by atoms with van der Waals surface area (Å²) in [7, 11) is -2.37. The van der Waals surface area contributed by atoms with Crippen LogP contribution in [0, 0.1) is 0 Å². The lowest BCUT2D eigenvalue weighted by atomic mass is 10.3. The Morgan fingerprint density at radius 3 is 2.59 bits per heavy atom. The molecule has 0 spiro atoms. The molecule has 7 nitrogen and oxygen atoms in total. The Labute approximate surface area is 99.4 Å². The van der Waals surface area contributed by atoms with Crippen LogP contribution in [0.15, 0.2) is 22.7 Å². The average Bonchev–Trinajstić information content (AvgIpc) is 2.43. The molecule has 1 heterocycles. The Hall–Kier alpha value is -1.67. The lowest BCUT2D eigenvalue weighted by Crippen LogP contribution is -2.16. The second-order valence-electron chi connectivity index (χ2n) is 3.77. The number of hydrogen-bond acceptors (Lipinski definition) is 4. The van der Waals surface area contributed by atoms with Gasteiger partial charge in [0.15, 0.2) is 5.82 Å². The van der Waals surface area contributed by atoms with Crippen LogP contribution < -0.4 is 10.5 Å². The lowest BCUT2D eigenvalue weighted by molar-refractivity contribution is -0.112. The molecule has 0 saturated heterocycles. The number of rotatable bonds is 3. The van der Waals surface area contributed by atoms with Crippen LogP contribution in [0.2, 0.25) is 0 Å². The molecule has 1 aromatic rings. The molecule has 17 heavy (non-hydrogen) atoms. The van der Waals surface area contributed by atoms with Crippen molar-refractivity contribution < 1.29 is 13.2 Å². The van der Waals surface area contributed by atoms with Gasteiger partial charge in [-0.2, -0.15) is 5.10 Å². The molecule has 1 rings (SSSR count). The van der Waals surface area contributed by atoms with Gasteiger partial charge in [-0.1, -0.05) is 5.57 Å². The van der Waals surface area contributed by atoms with Crippen LogP contribution in [0.3, 0.4) is 0 Å². The van der Waals surface area contributed by atoms with Crippen molar-refractivity contribution in [2.45, 2.75) is 18.7 Å². The monoisotopic (exact) mass is 258 g/mol. The normalized spacial score (nSPS) is 11.1. The van der Waals surface area contributed by atoms with Crippen LogP contribution >= 0.6 is 0 Å². The number of hydrogen-bond donors (Lipinski definition) is 2. The number of amides is 1. The molecule has 3 N–H and O–H groups in total. The van der Waals surface area contributed by atoms with Crippen molar-refractivity contribution in [2.75, 3.05) is 5.32 Å². The summed E-state index contributed by atoms with van der Waals surface area (Å²) in [5.41, 5.74) is 0.788. The lowest BCUT2D eigenvalue weighted by Gasteiger charge is -2.00. The van der Waals surface area contributed by atoms with E-state index in [0.29, 0.717) is 0 Å². The summed E-state index contributed by atoms with van der Waals surface area (Å²) in [6, 6.07) is 0. The van der Waals surface area contributed by atoms with Crippen LogP contribution in [-0.4, -0.2) is 24.1 Å². The van der Waals surface area contributed by atoms with Gasteiger partial charge in [0.1, 0.15) is 4.90 Å². The number of primary sulfonamides is 1. The van der Waals surface area contributed by atoms with Gasteiger partial charge in [0.25, 0.3) is 0 Å². The van der Waals surface area contributed by atoms with Gasteiger partial charge in [-0.25, -0.2) is 13.6 Å². The quantitative estimate of drug-likeness (QED) is 0.742. The molecule has 1 amide bonds. The Kier molecular flexibility index (Phi) is 3.69. The first kappa shape index (κ1) is 13.4. The van der Waals surface area contributed by atoms with Gasteiger partial charge in [0.2, 0.25) is 15.9 Å². The number of nitrogens with one attached hydrogen (secondary N) is 1. The smallest absolute Gasteiger partial charge is 0.249 e. The van der Waals surface area contributed by atoms with Crippen LogP contribution in [0.1, 0.15) is 13.8 Å². The van der Waals surface area contributed by atoms with Crippen molar-refractivity contribution >= 4 is 21.7 Å². The summed E-state index contributed by atoms with van der Waals surface area (Å²) >= 11 is 0. The van der Waals surface area contributed by atoms with Gasteiger partial charge in [0, 0.05) is 19.3 Å². The predicted molar refractivity (Wildman–Crippen MR) is 62.6 cm³/mol. The SMILES string of the molecule is CC(C)=CC(=O)Nc1nn(C)cc1S(N)(=O)=O. The number of aryl methyl sites for hydroxylation is 1. The number of carbonyl (C=O) groups excluding carboxylic acids is 1. The first-order chi connectivity index (χ1) is 7.70. The van der Waals surface area contributed by atoms with E-state index in [4.69, 9.17) is 5.14 Å². The molecule has 0 saturated carbocycles. The van der Waals surface area contributed by atoms with E-state index >= 15 is 0 Å². The maximum absolute atomic E-state index is 11.4. The number of nitrogens with zero attached hydrogens (tertiary/aromatic N) is 2. The average molecular weight is 258 g/mol. The van der Waals surface area contributed by atoms with E-state index in [9.17, 15) is 13.2 Å². The fraction of sp³-hybridized carbons (Fsp3) is 0.333. The number of sulfonamides is 1. The van der Waals surface area contributed by atoms with E-state index < -0.39 is 15.9 Å². The number of aromatic nitrogens is 2. The zero-order valence-corrected chi connectivity index (χ0v) is 10.6. The van der Waals surface area contributed by atoms with Gasteiger partial charge < -0.3 is 5.32 Å². The minimum atomic E-state index is -3.91. The third-order valence-electron chi connectivity index (χ3n) is 1.76. The standard InChI is InChI=1S/C9H14N4O3S/c1-6(2)4-8(14)11-9-7(17(10,15)16)5-13(3)12-9/h4-5H,1-3H3,(H2,10,15,16)(H,11,12,14). The molecule has 0 aliphatic carbocycles. The Balaban J connectivity index is 3.08. The molecular weight excluding hydrogens is 244 g/mol. The molecule has 0 aliphatic rings. The highest BCUT2D eigenvalue weighted by Gasteiger charge is 2.19. The molecule has 94 valence electrons. The number of allylic oxidation sites excluding steroid dienone is 1. The molecule has 0 fully saturated rings. The third-order valence-corrected chi connectivity index (χ3v) is 2.67. The molecule has 1 aromatic heterocycles. The van der Waals surface area contributed by atoms with Crippen molar-refractivity contribution in [1.82, 2.24) is 9.78 Å². The van der Waals surface area contributed by atoms with E-state index in [2.05, 4.69) is 10.4 Å². The number of carbonyl (C=O) groups is 1. The van der Waals surface area contributed by atoms with Crippen molar-refractivity contribution in [1.29, 1.82) is 0 Å². The van der Waals surface area contributed by atoms with Crippen molar-refractivity contribution in [3.8, 4) is 0 Å². The van der Waals surface area contributed by atoms with Crippen molar-refractivity contribution in [3.05, 3.63) is 17.8 Å². The second kappa shape index (κ2) is 4.68. The Morgan fingerprint density at radius 2 is 2.12 bits per heavy atom. The van der Waals surface area contributed by atoms with Crippen LogP contribution in [0.5, 0.6) is 0 Å². The highest BCUT2D eigenvalue weighted by atomic mass is 32.2. The highest BCUT2D eigenvalue weighted by Crippen LogP contribution is 2.17. The maximum atomic E-state index is 11.4. The van der Waals surface area contributed by atoms with E-state index in [1.54, 1.807) is 13.8 Å². The summed E-state index contributed by atoms with van der Waals surface area (Å²) in [5.74, 6) is -0.522. The molecule has 0 atom stereocenters. The third kappa shape index (κ3) is 3.68. The highest BCUT2D eigenvalue weighted by molar-refractivity contribution is 7.89. The van der Waals surface area contributed by atoms with E-state index in [1.165, 1.54) is 24.0 Å². The largest absolute Gasteiger partial charge is 0.304 e. The minimum absolute atomic E-state index is 0.0718. The molecule has 0 radical (unpaired) electrons. The maximum Gasteiger partial charge on any atom is 0.249 e. The van der Waals surface area contributed by atoms with Crippen LogP contribution in [-0.2, 0) is 21.9 Å². The van der Waals surface area contributed by atoms with E-state index in [-0.39, 0.29) is 10.7 Å². The number of anilines is 1. The number of nitrogens with two attached hydrogens (primary N) is 1. The van der Waals surface area contributed by atoms with Gasteiger partial charge in [-0.3, -0.25) is 9.48 Å². The molecule has 0 unspecified atom stereocenters. The summed E-state index contributed by atoms with van der Waals surface area (Å²) in [6.45, 7) is 3.50. The molecule has 0 bridgehead atoms. The van der Waals surface area contributed by atoms with E-state index in [0.717, 1.165) is 5.57 Å². The summed E-state index contributed by atoms with van der Waals surface area (Å²) in [6.07, 6.45) is 2.56. The minimum Gasteiger partial charge on any atom is -0.304 e. The van der Waals surface area contributed by atoms with Crippen molar-refractivity contribution in [2.24, 2.45) is 12.2 Å². The molecule has 0 aromatic carbocycles. The van der Waals surface area contributed by atoms with Gasteiger partial charge in [-0.05, 0) is 13.8 Å². The summed E-state index contributed by atoms with van der Waals surface area (Å²) < 4.78 is 23.7. The molecule has 8 heteroatoms.